The molecule has 0 radical (unpaired) electrons. The summed E-state index contributed by atoms with van der Waals surface area (Å²) in [7, 11) is 0. The van der Waals surface area contributed by atoms with E-state index in [1.165, 1.54) is 0 Å². The molecule has 0 aliphatic carbocycles. The molecule has 0 spiro atoms. The SMILES string of the molecule is CCN1CCOC(C(NN)c2cnccc2N)C1. The number of nitrogens with one attached hydrogen (secondary N) is 1. The summed E-state index contributed by atoms with van der Waals surface area (Å²) in [6, 6.07) is 1.65. The Morgan fingerprint density at radius 3 is 3.17 bits per heavy atom. The van der Waals surface area contributed by atoms with Crippen LogP contribution in [0.4, 0.5) is 5.69 Å². The van der Waals surface area contributed by atoms with Crippen LogP contribution in [0, 0.1) is 0 Å². The van der Waals surface area contributed by atoms with Gasteiger partial charge in [-0.3, -0.25) is 21.2 Å². The number of likely N-dealkylation sites (N-methyl/N-ethyl adjacent to an activating group) is 1. The molecule has 18 heavy (non-hydrogen) atoms. The molecule has 0 aromatic carbocycles. The second-order valence-electron chi connectivity index (χ2n) is 4.45. The van der Waals surface area contributed by atoms with Crippen LogP contribution in [0.2, 0.25) is 0 Å². The number of ether oxygens (including phenoxy) is 1. The first-order valence-electron chi connectivity index (χ1n) is 6.25. The number of hydrogen-bond donors (Lipinski definition) is 3. The highest BCUT2D eigenvalue weighted by molar-refractivity contribution is 5.46. The lowest BCUT2D eigenvalue weighted by Crippen LogP contribution is -2.49. The van der Waals surface area contributed by atoms with Crippen LogP contribution in [0.25, 0.3) is 0 Å². The van der Waals surface area contributed by atoms with Gasteiger partial charge >= 0.3 is 0 Å². The van der Waals surface area contributed by atoms with Gasteiger partial charge in [0.1, 0.15) is 0 Å². The predicted molar refractivity (Wildman–Crippen MR) is 70.6 cm³/mol. The number of hydrogen-bond acceptors (Lipinski definition) is 6. The minimum atomic E-state index is -0.131. The summed E-state index contributed by atoms with van der Waals surface area (Å²) in [5.74, 6) is 5.66. The molecule has 5 N–H and O–H groups in total. The van der Waals surface area contributed by atoms with E-state index in [-0.39, 0.29) is 12.1 Å². The lowest BCUT2D eigenvalue weighted by atomic mass is 10.0. The smallest absolute Gasteiger partial charge is 0.0911 e. The van der Waals surface area contributed by atoms with Crippen molar-refractivity contribution in [1.29, 1.82) is 0 Å². The summed E-state index contributed by atoms with van der Waals surface area (Å²) in [5, 5.41) is 0. The van der Waals surface area contributed by atoms with Crippen molar-refractivity contribution in [2.75, 3.05) is 32.0 Å². The number of anilines is 1. The minimum absolute atomic E-state index is 0.00444. The van der Waals surface area contributed by atoms with E-state index >= 15 is 0 Å². The molecule has 0 saturated carbocycles. The summed E-state index contributed by atoms with van der Waals surface area (Å²) < 4.78 is 5.80. The topological polar surface area (TPSA) is 89.4 Å². The quantitative estimate of drug-likeness (QED) is 0.511. The van der Waals surface area contributed by atoms with Crippen LogP contribution in [0.1, 0.15) is 18.5 Å². The van der Waals surface area contributed by atoms with E-state index in [2.05, 4.69) is 22.2 Å². The molecule has 1 aliphatic heterocycles. The van der Waals surface area contributed by atoms with Crippen LogP contribution in [-0.4, -0.2) is 42.2 Å². The van der Waals surface area contributed by atoms with E-state index in [1.54, 1.807) is 18.5 Å². The Morgan fingerprint density at radius 1 is 1.67 bits per heavy atom. The zero-order valence-corrected chi connectivity index (χ0v) is 10.7. The van der Waals surface area contributed by atoms with Crippen LogP contribution in [0.5, 0.6) is 0 Å². The van der Waals surface area contributed by atoms with Crippen molar-refractivity contribution in [2.45, 2.75) is 19.1 Å². The van der Waals surface area contributed by atoms with Gasteiger partial charge in [-0.2, -0.15) is 0 Å². The average molecular weight is 251 g/mol. The molecule has 1 aliphatic rings. The van der Waals surface area contributed by atoms with Gasteiger partial charge in [0.2, 0.25) is 0 Å². The van der Waals surface area contributed by atoms with Crippen LogP contribution in [0.15, 0.2) is 18.5 Å². The molecular formula is C12H21N5O. The molecule has 2 rings (SSSR count). The van der Waals surface area contributed by atoms with Gasteiger partial charge in [0, 0.05) is 36.7 Å². The highest BCUT2D eigenvalue weighted by Gasteiger charge is 2.29. The highest BCUT2D eigenvalue weighted by Crippen LogP contribution is 2.25. The van der Waals surface area contributed by atoms with Gasteiger partial charge in [-0.15, -0.1) is 0 Å². The third-order valence-corrected chi connectivity index (χ3v) is 3.40. The summed E-state index contributed by atoms with van der Waals surface area (Å²) in [4.78, 5) is 6.44. The fourth-order valence-electron chi connectivity index (χ4n) is 2.30. The Bertz CT molecular complexity index is 386. The molecule has 6 heteroatoms. The van der Waals surface area contributed by atoms with Crippen molar-refractivity contribution in [3.63, 3.8) is 0 Å². The molecule has 6 nitrogen and oxygen atoms in total. The Morgan fingerprint density at radius 2 is 2.50 bits per heavy atom. The van der Waals surface area contributed by atoms with E-state index in [1.807, 2.05) is 0 Å². The van der Waals surface area contributed by atoms with E-state index < -0.39 is 0 Å². The summed E-state index contributed by atoms with van der Waals surface area (Å²) in [5.41, 5.74) is 10.3. The van der Waals surface area contributed by atoms with Crippen LogP contribution >= 0.6 is 0 Å². The summed E-state index contributed by atoms with van der Waals surface area (Å²) in [6.07, 6.45) is 3.41. The number of nitrogens with zero attached hydrogens (tertiary/aromatic N) is 2. The van der Waals surface area contributed by atoms with E-state index in [4.69, 9.17) is 16.3 Å². The van der Waals surface area contributed by atoms with E-state index in [0.717, 1.165) is 31.8 Å². The number of nitrogens with two attached hydrogens (primary N) is 2. The number of morpholine rings is 1. The maximum Gasteiger partial charge on any atom is 0.0911 e. The molecule has 2 heterocycles. The van der Waals surface area contributed by atoms with Crippen molar-refractivity contribution >= 4 is 5.69 Å². The van der Waals surface area contributed by atoms with Gasteiger partial charge < -0.3 is 10.5 Å². The standard InChI is InChI=1S/C12H21N5O/c1-2-17-5-6-18-11(8-17)12(16-14)9-7-15-4-3-10(9)13/h3-4,7,11-12,16H,2,5-6,8,14H2,1H3,(H2,13,15). The lowest BCUT2D eigenvalue weighted by Gasteiger charge is -2.36. The first kappa shape index (κ1) is 13.2. The van der Waals surface area contributed by atoms with Crippen molar-refractivity contribution in [3.05, 3.63) is 24.0 Å². The van der Waals surface area contributed by atoms with Crippen molar-refractivity contribution in [3.8, 4) is 0 Å². The van der Waals surface area contributed by atoms with Crippen LogP contribution in [0.3, 0.4) is 0 Å². The number of rotatable bonds is 4. The molecule has 2 unspecified atom stereocenters. The fraction of sp³-hybridized carbons (Fsp3) is 0.583. The minimum Gasteiger partial charge on any atom is -0.398 e. The Balaban J connectivity index is 2.15. The summed E-state index contributed by atoms with van der Waals surface area (Å²) in [6.45, 7) is 5.69. The second kappa shape index (κ2) is 6.10. The van der Waals surface area contributed by atoms with E-state index in [0.29, 0.717) is 5.69 Å². The van der Waals surface area contributed by atoms with Gasteiger partial charge in [0.15, 0.2) is 0 Å². The Kier molecular flexibility index (Phi) is 4.48. The molecule has 1 aromatic heterocycles. The van der Waals surface area contributed by atoms with Gasteiger partial charge in [-0.05, 0) is 12.6 Å². The Hall–Kier alpha value is -1.21. The molecule has 1 aromatic rings. The molecule has 1 saturated heterocycles. The maximum absolute atomic E-state index is 5.97. The first-order valence-corrected chi connectivity index (χ1v) is 6.25. The van der Waals surface area contributed by atoms with Crippen molar-refractivity contribution < 1.29 is 4.74 Å². The summed E-state index contributed by atoms with van der Waals surface area (Å²) >= 11 is 0. The normalized spacial score (nSPS) is 22.9. The number of nitrogen functional groups attached to an aromatic ring is 1. The monoisotopic (exact) mass is 251 g/mol. The van der Waals surface area contributed by atoms with Crippen LogP contribution < -0.4 is 17.0 Å². The number of pyridine rings is 1. The van der Waals surface area contributed by atoms with Gasteiger partial charge in [0.25, 0.3) is 0 Å². The molecular weight excluding hydrogens is 230 g/mol. The fourth-order valence-corrected chi connectivity index (χ4v) is 2.30. The van der Waals surface area contributed by atoms with Gasteiger partial charge in [-0.25, -0.2) is 0 Å². The zero-order chi connectivity index (χ0) is 13.0. The van der Waals surface area contributed by atoms with Crippen LogP contribution in [-0.2, 0) is 4.74 Å². The first-order chi connectivity index (χ1) is 8.76. The lowest BCUT2D eigenvalue weighted by molar-refractivity contribution is -0.0455. The van der Waals surface area contributed by atoms with Gasteiger partial charge in [0.05, 0.1) is 18.8 Å². The van der Waals surface area contributed by atoms with Gasteiger partial charge in [-0.1, -0.05) is 6.92 Å². The molecule has 0 bridgehead atoms. The second-order valence-corrected chi connectivity index (χ2v) is 4.45. The third-order valence-electron chi connectivity index (χ3n) is 3.40. The Labute approximate surface area is 107 Å². The van der Waals surface area contributed by atoms with Crippen molar-refractivity contribution in [2.24, 2.45) is 5.84 Å². The molecule has 100 valence electrons. The largest absolute Gasteiger partial charge is 0.398 e. The molecule has 2 atom stereocenters. The number of aromatic nitrogens is 1. The molecule has 0 amide bonds. The van der Waals surface area contributed by atoms with E-state index in [9.17, 15) is 0 Å². The molecule has 1 fully saturated rings. The maximum atomic E-state index is 5.97. The number of hydrazine groups is 1. The average Bonchev–Trinajstić information content (AvgIpc) is 2.42. The van der Waals surface area contributed by atoms with Crippen molar-refractivity contribution in [1.82, 2.24) is 15.3 Å². The predicted octanol–water partition coefficient (Wildman–Crippen LogP) is -0.111. The zero-order valence-electron chi connectivity index (χ0n) is 10.7. The third kappa shape index (κ3) is 2.78. The highest BCUT2D eigenvalue weighted by atomic mass is 16.5.